The van der Waals surface area contributed by atoms with Crippen LogP contribution in [0.4, 0.5) is 0 Å². The molecule has 0 amide bonds. The van der Waals surface area contributed by atoms with Crippen LogP contribution in [0.1, 0.15) is 38.5 Å². The van der Waals surface area contributed by atoms with E-state index in [9.17, 15) is 0 Å². The minimum absolute atomic E-state index is 0. The maximum Gasteiger partial charge on any atom is 0.188 e. The first kappa shape index (κ1) is 18.9. The first-order valence-corrected chi connectivity index (χ1v) is 6.96. The van der Waals surface area contributed by atoms with Gasteiger partial charge in [0.1, 0.15) is 0 Å². The van der Waals surface area contributed by atoms with E-state index < -0.39 is 0 Å². The van der Waals surface area contributed by atoms with Gasteiger partial charge in [0, 0.05) is 13.2 Å². The van der Waals surface area contributed by atoms with Gasteiger partial charge in [-0.1, -0.05) is 25.7 Å². The second-order valence-electron chi connectivity index (χ2n) is 4.70. The van der Waals surface area contributed by atoms with Gasteiger partial charge < -0.3 is 20.5 Å². The van der Waals surface area contributed by atoms with Crippen molar-refractivity contribution < 1.29 is 9.47 Å². The molecule has 0 aromatic heterocycles. The van der Waals surface area contributed by atoms with Crippen molar-refractivity contribution in [3.63, 3.8) is 0 Å². The monoisotopic (exact) mass is 385 g/mol. The lowest BCUT2D eigenvalue weighted by molar-refractivity contribution is 0.0748. The van der Waals surface area contributed by atoms with Crippen molar-refractivity contribution in [1.29, 1.82) is 0 Å². The molecular formula is C13H28IN3O2. The van der Waals surface area contributed by atoms with Gasteiger partial charge in [-0.15, -0.1) is 24.0 Å². The van der Waals surface area contributed by atoms with Crippen LogP contribution in [-0.2, 0) is 9.47 Å². The average Bonchev–Trinajstić information content (AvgIpc) is 2.62. The highest BCUT2D eigenvalue weighted by Gasteiger charge is 2.11. The Kier molecular flexibility index (Phi) is 12.9. The number of nitrogens with two attached hydrogens (primary N) is 1. The van der Waals surface area contributed by atoms with Gasteiger partial charge in [-0.2, -0.15) is 0 Å². The number of nitrogens with zero attached hydrogens (tertiary/aromatic N) is 1. The molecule has 114 valence electrons. The molecule has 1 saturated carbocycles. The quantitative estimate of drug-likeness (QED) is 0.231. The van der Waals surface area contributed by atoms with Crippen LogP contribution in [0.3, 0.4) is 0 Å². The number of hydrogen-bond acceptors (Lipinski definition) is 3. The predicted molar refractivity (Wildman–Crippen MR) is 89.2 cm³/mol. The number of halogens is 1. The summed E-state index contributed by atoms with van der Waals surface area (Å²) in [5.74, 6) is 0.553. The van der Waals surface area contributed by atoms with Crippen molar-refractivity contribution >= 4 is 29.9 Å². The van der Waals surface area contributed by atoms with E-state index in [-0.39, 0.29) is 24.0 Å². The third-order valence-electron chi connectivity index (χ3n) is 3.16. The predicted octanol–water partition coefficient (Wildman–Crippen LogP) is 1.89. The Morgan fingerprint density at radius 3 is 2.47 bits per heavy atom. The summed E-state index contributed by atoms with van der Waals surface area (Å²) in [6.45, 7) is 2.44. The molecule has 19 heavy (non-hydrogen) atoms. The van der Waals surface area contributed by atoms with Gasteiger partial charge in [0.25, 0.3) is 0 Å². The summed E-state index contributed by atoms with van der Waals surface area (Å²) in [5, 5.41) is 3.31. The van der Waals surface area contributed by atoms with Gasteiger partial charge in [-0.25, -0.2) is 0 Å². The molecule has 1 aliphatic carbocycles. The Bertz CT molecular complexity index is 232. The number of hydrogen-bond donors (Lipinski definition) is 2. The Hall–Kier alpha value is -0.0800. The molecular weight excluding hydrogens is 357 g/mol. The second-order valence-corrected chi connectivity index (χ2v) is 4.70. The van der Waals surface area contributed by atoms with Crippen molar-refractivity contribution in [3.05, 3.63) is 0 Å². The maximum atomic E-state index is 5.86. The van der Waals surface area contributed by atoms with E-state index in [2.05, 4.69) is 10.3 Å². The van der Waals surface area contributed by atoms with Crippen LogP contribution < -0.4 is 11.1 Å². The standard InChI is InChI=1S/C13H27N3O2.HI/c1-17-10-11-18-9-8-15-13(14)16-12-6-4-2-3-5-7-12;/h12H,2-11H2,1H3,(H3,14,15,16);1H. The summed E-state index contributed by atoms with van der Waals surface area (Å²) in [7, 11) is 1.66. The van der Waals surface area contributed by atoms with Crippen molar-refractivity contribution in [1.82, 2.24) is 5.32 Å². The van der Waals surface area contributed by atoms with Crippen LogP contribution in [0.15, 0.2) is 4.99 Å². The summed E-state index contributed by atoms with van der Waals surface area (Å²) in [4.78, 5) is 4.26. The Labute approximate surface area is 133 Å². The lowest BCUT2D eigenvalue weighted by Gasteiger charge is -2.16. The summed E-state index contributed by atoms with van der Waals surface area (Å²) in [5.41, 5.74) is 5.86. The third kappa shape index (κ3) is 10.4. The van der Waals surface area contributed by atoms with Crippen LogP contribution >= 0.6 is 24.0 Å². The molecule has 1 rings (SSSR count). The number of aliphatic imine (C=N–C) groups is 1. The summed E-state index contributed by atoms with van der Waals surface area (Å²) in [6.07, 6.45) is 7.71. The fraction of sp³-hybridized carbons (Fsp3) is 0.923. The zero-order chi connectivity index (χ0) is 13.1. The third-order valence-corrected chi connectivity index (χ3v) is 3.16. The van der Waals surface area contributed by atoms with E-state index in [1.807, 2.05) is 0 Å². The lowest BCUT2D eigenvalue weighted by Crippen LogP contribution is -2.40. The zero-order valence-electron chi connectivity index (χ0n) is 11.9. The molecule has 0 aliphatic heterocycles. The molecule has 6 heteroatoms. The minimum atomic E-state index is 0. The highest BCUT2D eigenvalue weighted by molar-refractivity contribution is 14.0. The summed E-state index contributed by atoms with van der Waals surface area (Å²) >= 11 is 0. The van der Waals surface area contributed by atoms with Gasteiger partial charge in [-0.05, 0) is 12.8 Å². The van der Waals surface area contributed by atoms with Crippen LogP contribution in [0.2, 0.25) is 0 Å². The van der Waals surface area contributed by atoms with Gasteiger partial charge in [0.05, 0.1) is 26.4 Å². The van der Waals surface area contributed by atoms with Gasteiger partial charge in [-0.3, -0.25) is 4.99 Å². The number of guanidine groups is 1. The molecule has 0 spiro atoms. The molecule has 3 N–H and O–H groups in total. The molecule has 0 aromatic rings. The van der Waals surface area contributed by atoms with E-state index in [1.54, 1.807) is 7.11 Å². The van der Waals surface area contributed by atoms with Crippen LogP contribution in [0.25, 0.3) is 0 Å². The largest absolute Gasteiger partial charge is 0.382 e. The van der Waals surface area contributed by atoms with Gasteiger partial charge in [0.2, 0.25) is 0 Å². The van der Waals surface area contributed by atoms with Crippen molar-refractivity contribution in [2.45, 2.75) is 44.6 Å². The van der Waals surface area contributed by atoms with Crippen LogP contribution in [-0.4, -0.2) is 45.5 Å². The lowest BCUT2D eigenvalue weighted by atomic mass is 10.1. The van der Waals surface area contributed by atoms with Crippen molar-refractivity contribution in [2.75, 3.05) is 33.5 Å². The molecule has 0 bridgehead atoms. The van der Waals surface area contributed by atoms with E-state index in [4.69, 9.17) is 15.2 Å². The Morgan fingerprint density at radius 1 is 1.16 bits per heavy atom. The SMILES string of the molecule is COCCOCCN=C(N)NC1CCCCCC1.I. The highest BCUT2D eigenvalue weighted by atomic mass is 127. The molecule has 5 nitrogen and oxygen atoms in total. The molecule has 0 unspecified atom stereocenters. The maximum absolute atomic E-state index is 5.86. The van der Waals surface area contributed by atoms with Crippen molar-refractivity contribution in [2.24, 2.45) is 10.7 Å². The summed E-state index contributed by atoms with van der Waals surface area (Å²) in [6, 6.07) is 0.505. The molecule has 0 aromatic carbocycles. The smallest absolute Gasteiger partial charge is 0.188 e. The number of rotatable bonds is 7. The van der Waals surface area contributed by atoms with Crippen LogP contribution in [0, 0.1) is 0 Å². The molecule has 0 radical (unpaired) electrons. The van der Waals surface area contributed by atoms with E-state index in [0.717, 1.165) is 0 Å². The van der Waals surface area contributed by atoms with E-state index >= 15 is 0 Å². The van der Waals surface area contributed by atoms with Gasteiger partial charge >= 0.3 is 0 Å². The van der Waals surface area contributed by atoms with E-state index in [1.165, 1.54) is 38.5 Å². The number of ether oxygens (including phenoxy) is 2. The molecule has 1 aliphatic rings. The molecule has 0 heterocycles. The minimum Gasteiger partial charge on any atom is -0.382 e. The first-order valence-electron chi connectivity index (χ1n) is 6.96. The molecule has 1 fully saturated rings. The fourth-order valence-corrected chi connectivity index (χ4v) is 2.15. The Morgan fingerprint density at radius 2 is 1.84 bits per heavy atom. The van der Waals surface area contributed by atoms with Crippen molar-refractivity contribution in [3.8, 4) is 0 Å². The van der Waals surface area contributed by atoms with E-state index in [0.29, 0.717) is 38.4 Å². The number of nitrogens with one attached hydrogen (secondary N) is 1. The fourth-order valence-electron chi connectivity index (χ4n) is 2.15. The molecule has 0 atom stereocenters. The highest BCUT2D eigenvalue weighted by Crippen LogP contribution is 2.16. The number of methoxy groups -OCH3 is 1. The average molecular weight is 385 g/mol. The topological polar surface area (TPSA) is 68.9 Å². The first-order chi connectivity index (χ1) is 8.83. The van der Waals surface area contributed by atoms with Crippen LogP contribution in [0.5, 0.6) is 0 Å². The van der Waals surface area contributed by atoms with Gasteiger partial charge in [0.15, 0.2) is 5.96 Å². The zero-order valence-corrected chi connectivity index (χ0v) is 14.2. The summed E-state index contributed by atoms with van der Waals surface area (Å²) < 4.78 is 10.2. The second kappa shape index (κ2) is 12.9. The Balaban J connectivity index is 0.00000324. The normalized spacial score (nSPS) is 17.6. The molecule has 0 saturated heterocycles.